The minimum Gasteiger partial charge on any atom is -0.476 e. The van der Waals surface area contributed by atoms with Crippen molar-refractivity contribution in [3.8, 4) is 0 Å². The number of benzene rings is 1. The van der Waals surface area contributed by atoms with E-state index in [1.54, 1.807) is 0 Å². The summed E-state index contributed by atoms with van der Waals surface area (Å²) in [6.07, 6.45) is 1.50. The van der Waals surface area contributed by atoms with Gasteiger partial charge in [-0.2, -0.15) is 0 Å². The molecule has 0 saturated carbocycles. The van der Waals surface area contributed by atoms with Crippen molar-refractivity contribution in [2.75, 3.05) is 0 Å². The average molecular weight is 261 g/mol. The van der Waals surface area contributed by atoms with E-state index in [9.17, 15) is 9.90 Å². The molecule has 2 N–H and O–H groups in total. The predicted octanol–water partition coefficient (Wildman–Crippen LogP) is 1.27. The zero-order chi connectivity index (χ0) is 13.8. The van der Waals surface area contributed by atoms with Gasteiger partial charge in [-0.1, -0.05) is 36.4 Å². The van der Waals surface area contributed by atoms with Crippen LogP contribution in [0, 0.1) is 0 Å². The third-order valence-electron chi connectivity index (χ3n) is 2.89. The van der Waals surface area contributed by atoms with Crippen LogP contribution in [-0.2, 0) is 13.0 Å². The molecule has 0 saturated heterocycles. The normalized spacial score (nSPS) is 12.3. The van der Waals surface area contributed by atoms with Gasteiger partial charge >= 0.3 is 5.97 Å². The molecule has 1 heterocycles. The van der Waals surface area contributed by atoms with Crippen LogP contribution >= 0.6 is 0 Å². The molecule has 0 fully saturated rings. The van der Waals surface area contributed by atoms with Gasteiger partial charge in [-0.15, -0.1) is 5.10 Å². The number of aryl methyl sites for hydroxylation is 1. The zero-order valence-corrected chi connectivity index (χ0v) is 10.5. The second-order valence-electron chi connectivity index (χ2n) is 4.24. The van der Waals surface area contributed by atoms with Crippen molar-refractivity contribution in [2.45, 2.75) is 26.0 Å². The van der Waals surface area contributed by atoms with Crippen LogP contribution in [0.15, 0.2) is 30.5 Å². The SMILES string of the molecule is CCc1ccc(C(O)Cn2cc(C(=O)O)nn2)cc1. The predicted molar refractivity (Wildman–Crippen MR) is 67.8 cm³/mol. The number of nitrogens with zero attached hydrogens (tertiary/aromatic N) is 3. The summed E-state index contributed by atoms with van der Waals surface area (Å²) in [7, 11) is 0. The summed E-state index contributed by atoms with van der Waals surface area (Å²) in [4.78, 5) is 10.7. The van der Waals surface area contributed by atoms with Gasteiger partial charge in [0.15, 0.2) is 5.69 Å². The van der Waals surface area contributed by atoms with Crippen LogP contribution in [0.25, 0.3) is 0 Å². The van der Waals surface area contributed by atoms with Crippen molar-refractivity contribution in [3.05, 3.63) is 47.3 Å². The molecule has 0 bridgehead atoms. The lowest BCUT2D eigenvalue weighted by Gasteiger charge is -2.11. The monoisotopic (exact) mass is 261 g/mol. The molecule has 1 unspecified atom stereocenters. The molecule has 0 spiro atoms. The van der Waals surface area contributed by atoms with Gasteiger partial charge in [-0.3, -0.25) is 0 Å². The molecule has 0 amide bonds. The fourth-order valence-electron chi connectivity index (χ4n) is 1.74. The number of aliphatic hydroxyl groups excluding tert-OH is 1. The van der Waals surface area contributed by atoms with Crippen LogP contribution in [0.3, 0.4) is 0 Å². The molecule has 0 aliphatic rings. The van der Waals surface area contributed by atoms with E-state index in [1.165, 1.54) is 16.4 Å². The van der Waals surface area contributed by atoms with Gasteiger partial charge in [-0.05, 0) is 17.5 Å². The number of aromatic carboxylic acids is 1. The Balaban J connectivity index is 2.06. The number of hydrogen-bond donors (Lipinski definition) is 2. The van der Waals surface area contributed by atoms with Gasteiger partial charge in [0.2, 0.25) is 0 Å². The molecule has 0 aliphatic carbocycles. The first-order chi connectivity index (χ1) is 9.10. The lowest BCUT2D eigenvalue weighted by Crippen LogP contribution is -2.09. The Bertz CT molecular complexity index is 563. The van der Waals surface area contributed by atoms with Gasteiger partial charge in [0, 0.05) is 0 Å². The summed E-state index contributed by atoms with van der Waals surface area (Å²) < 4.78 is 1.32. The standard InChI is InChI=1S/C13H15N3O3/c1-2-9-3-5-10(6-4-9)12(17)8-16-7-11(13(18)19)14-15-16/h3-7,12,17H,2,8H2,1H3,(H,18,19). The highest BCUT2D eigenvalue weighted by molar-refractivity contribution is 5.84. The topological polar surface area (TPSA) is 88.2 Å². The Morgan fingerprint density at radius 2 is 2.05 bits per heavy atom. The number of aromatic nitrogens is 3. The molecule has 2 aromatic rings. The summed E-state index contributed by atoms with van der Waals surface area (Å²) >= 11 is 0. The van der Waals surface area contributed by atoms with Crippen molar-refractivity contribution in [1.29, 1.82) is 0 Å². The van der Waals surface area contributed by atoms with Crippen LogP contribution in [-0.4, -0.2) is 31.2 Å². The van der Waals surface area contributed by atoms with Crippen LogP contribution < -0.4 is 0 Å². The summed E-state index contributed by atoms with van der Waals surface area (Å²) in [5.41, 5.74) is 1.84. The Kier molecular flexibility index (Phi) is 3.91. The molecular weight excluding hydrogens is 246 g/mol. The second-order valence-corrected chi connectivity index (χ2v) is 4.24. The molecule has 0 radical (unpaired) electrons. The summed E-state index contributed by atoms with van der Waals surface area (Å²) in [6.45, 7) is 2.24. The molecule has 19 heavy (non-hydrogen) atoms. The molecule has 6 nitrogen and oxygen atoms in total. The smallest absolute Gasteiger partial charge is 0.358 e. The van der Waals surface area contributed by atoms with E-state index in [1.807, 2.05) is 24.3 Å². The molecule has 6 heteroatoms. The fourth-order valence-corrected chi connectivity index (χ4v) is 1.74. The highest BCUT2D eigenvalue weighted by Gasteiger charge is 2.12. The van der Waals surface area contributed by atoms with E-state index < -0.39 is 12.1 Å². The van der Waals surface area contributed by atoms with Crippen molar-refractivity contribution in [1.82, 2.24) is 15.0 Å². The summed E-state index contributed by atoms with van der Waals surface area (Å²) in [5, 5.41) is 25.9. The summed E-state index contributed by atoms with van der Waals surface area (Å²) in [6, 6.07) is 7.64. The first-order valence-electron chi connectivity index (χ1n) is 6.00. The second kappa shape index (κ2) is 5.62. The molecule has 1 atom stereocenters. The molecular formula is C13H15N3O3. The van der Waals surface area contributed by atoms with Gasteiger partial charge < -0.3 is 10.2 Å². The lowest BCUT2D eigenvalue weighted by atomic mass is 10.1. The quantitative estimate of drug-likeness (QED) is 0.846. The fraction of sp³-hybridized carbons (Fsp3) is 0.308. The van der Waals surface area contributed by atoms with Crippen molar-refractivity contribution in [2.24, 2.45) is 0 Å². The van der Waals surface area contributed by atoms with Gasteiger partial charge in [0.1, 0.15) is 0 Å². The van der Waals surface area contributed by atoms with E-state index >= 15 is 0 Å². The molecule has 100 valence electrons. The van der Waals surface area contributed by atoms with E-state index in [-0.39, 0.29) is 12.2 Å². The third kappa shape index (κ3) is 3.17. The van der Waals surface area contributed by atoms with E-state index in [2.05, 4.69) is 17.2 Å². The van der Waals surface area contributed by atoms with Crippen LogP contribution in [0.2, 0.25) is 0 Å². The lowest BCUT2D eigenvalue weighted by molar-refractivity contribution is 0.0690. The third-order valence-corrected chi connectivity index (χ3v) is 2.89. The minimum atomic E-state index is -1.13. The highest BCUT2D eigenvalue weighted by atomic mass is 16.4. The van der Waals surface area contributed by atoms with Crippen LogP contribution in [0.5, 0.6) is 0 Å². The zero-order valence-electron chi connectivity index (χ0n) is 10.5. The van der Waals surface area contributed by atoms with E-state index in [0.29, 0.717) is 0 Å². The number of carboxylic acid groups (broad SMARTS) is 1. The van der Waals surface area contributed by atoms with E-state index in [4.69, 9.17) is 5.11 Å². The Hall–Kier alpha value is -2.21. The van der Waals surface area contributed by atoms with Gasteiger partial charge in [-0.25, -0.2) is 9.48 Å². The van der Waals surface area contributed by atoms with Crippen LogP contribution in [0.1, 0.15) is 34.6 Å². The number of carbonyl (C=O) groups is 1. The number of aliphatic hydroxyl groups is 1. The molecule has 1 aromatic heterocycles. The van der Waals surface area contributed by atoms with Gasteiger partial charge in [0.05, 0.1) is 18.8 Å². The minimum absolute atomic E-state index is 0.131. The van der Waals surface area contributed by atoms with Crippen molar-refractivity contribution in [3.63, 3.8) is 0 Å². The highest BCUT2D eigenvalue weighted by Crippen LogP contribution is 2.15. The maximum Gasteiger partial charge on any atom is 0.358 e. The number of rotatable bonds is 5. The number of carboxylic acids is 1. The van der Waals surface area contributed by atoms with Crippen LogP contribution in [0.4, 0.5) is 0 Å². The maximum absolute atomic E-state index is 10.7. The number of hydrogen-bond acceptors (Lipinski definition) is 4. The largest absolute Gasteiger partial charge is 0.476 e. The molecule has 1 aromatic carbocycles. The Morgan fingerprint density at radius 3 is 2.58 bits per heavy atom. The van der Waals surface area contributed by atoms with Crippen molar-refractivity contribution >= 4 is 5.97 Å². The Labute approximate surface area is 110 Å². The van der Waals surface area contributed by atoms with Crippen molar-refractivity contribution < 1.29 is 15.0 Å². The molecule has 0 aliphatic heterocycles. The first kappa shape index (κ1) is 13.2. The molecule has 2 rings (SSSR count). The summed E-state index contributed by atoms with van der Waals surface area (Å²) in [5.74, 6) is -1.13. The Morgan fingerprint density at radius 1 is 1.37 bits per heavy atom. The maximum atomic E-state index is 10.7. The van der Waals surface area contributed by atoms with E-state index in [0.717, 1.165) is 12.0 Å². The first-order valence-corrected chi connectivity index (χ1v) is 6.00. The average Bonchev–Trinajstić information content (AvgIpc) is 2.87. The van der Waals surface area contributed by atoms with Gasteiger partial charge in [0.25, 0.3) is 0 Å².